The van der Waals surface area contributed by atoms with E-state index in [9.17, 15) is 4.79 Å². The van der Waals surface area contributed by atoms with Gasteiger partial charge in [0, 0.05) is 31.6 Å². The Bertz CT molecular complexity index is 381. The molecule has 1 saturated carbocycles. The first-order chi connectivity index (χ1) is 9.96. The standard InChI is InChI=1S/C15H28N2O4.ClH/c1-14(2)12-11(5-4-7-21-12)15(14,16)13(18)17-6-8-20-10-9-19-3;/h11-12H,4-10,16H2,1-3H3,(H,17,18);1H. The van der Waals surface area contributed by atoms with Gasteiger partial charge in [-0.1, -0.05) is 13.8 Å². The molecule has 1 saturated heterocycles. The minimum atomic E-state index is -0.843. The minimum Gasteiger partial charge on any atom is -0.382 e. The fourth-order valence-electron chi connectivity index (χ4n) is 3.66. The van der Waals surface area contributed by atoms with Crippen LogP contribution in [0.15, 0.2) is 0 Å². The van der Waals surface area contributed by atoms with Crippen molar-refractivity contribution in [1.82, 2.24) is 5.32 Å². The molecule has 0 aromatic carbocycles. The van der Waals surface area contributed by atoms with Crippen LogP contribution in [0.3, 0.4) is 0 Å². The first-order valence-electron chi connectivity index (χ1n) is 7.71. The van der Waals surface area contributed by atoms with E-state index in [0.717, 1.165) is 19.4 Å². The Kier molecular flexibility index (Phi) is 7.08. The lowest BCUT2D eigenvalue weighted by Gasteiger charge is -2.65. The molecule has 1 aliphatic heterocycles. The number of hydrogen-bond donors (Lipinski definition) is 2. The molecule has 1 amide bonds. The van der Waals surface area contributed by atoms with E-state index in [1.165, 1.54) is 0 Å². The first kappa shape index (κ1) is 19.6. The highest BCUT2D eigenvalue weighted by Crippen LogP contribution is 2.57. The molecule has 2 rings (SSSR count). The SMILES string of the molecule is COCCOCCNC(=O)C1(N)C2CCCOC2C1(C)C.Cl. The molecule has 22 heavy (non-hydrogen) atoms. The maximum Gasteiger partial charge on any atom is 0.241 e. The number of ether oxygens (including phenoxy) is 3. The van der Waals surface area contributed by atoms with E-state index in [1.807, 2.05) is 13.8 Å². The van der Waals surface area contributed by atoms with E-state index >= 15 is 0 Å². The van der Waals surface area contributed by atoms with Crippen LogP contribution in [0.5, 0.6) is 0 Å². The fourth-order valence-corrected chi connectivity index (χ4v) is 3.66. The number of carbonyl (C=O) groups excluding carboxylic acids is 1. The lowest BCUT2D eigenvalue weighted by atomic mass is 9.46. The summed E-state index contributed by atoms with van der Waals surface area (Å²) in [6.45, 7) is 6.84. The normalized spacial score (nSPS) is 32.4. The lowest BCUT2D eigenvalue weighted by Crippen LogP contribution is -2.82. The van der Waals surface area contributed by atoms with Crippen LogP contribution in [-0.2, 0) is 19.0 Å². The molecule has 0 bridgehead atoms. The van der Waals surface area contributed by atoms with Crippen LogP contribution in [0, 0.1) is 11.3 Å². The van der Waals surface area contributed by atoms with Crippen LogP contribution in [-0.4, -0.2) is 57.6 Å². The van der Waals surface area contributed by atoms with Crippen molar-refractivity contribution in [2.45, 2.75) is 38.3 Å². The number of nitrogens with two attached hydrogens (primary N) is 1. The second-order valence-corrected chi connectivity index (χ2v) is 6.49. The predicted octanol–water partition coefficient (Wildman–Crippen LogP) is 0.720. The summed E-state index contributed by atoms with van der Waals surface area (Å²) in [5.74, 6) is 0.0326. The number of nitrogens with one attached hydrogen (secondary N) is 1. The monoisotopic (exact) mass is 336 g/mol. The zero-order valence-corrected chi connectivity index (χ0v) is 14.5. The van der Waals surface area contributed by atoms with Crippen molar-refractivity contribution in [2.75, 3.05) is 40.1 Å². The van der Waals surface area contributed by atoms with Gasteiger partial charge >= 0.3 is 0 Å². The molecule has 1 aliphatic carbocycles. The zero-order chi connectivity index (χ0) is 15.5. The molecule has 130 valence electrons. The quantitative estimate of drug-likeness (QED) is 0.669. The van der Waals surface area contributed by atoms with Gasteiger partial charge in [-0.15, -0.1) is 12.4 Å². The Morgan fingerprint density at radius 3 is 2.77 bits per heavy atom. The second kappa shape index (κ2) is 7.93. The number of halogens is 1. The van der Waals surface area contributed by atoms with Crippen LogP contribution >= 0.6 is 12.4 Å². The van der Waals surface area contributed by atoms with Crippen LogP contribution in [0.4, 0.5) is 0 Å². The Labute approximate surface area is 138 Å². The van der Waals surface area contributed by atoms with E-state index < -0.39 is 5.54 Å². The smallest absolute Gasteiger partial charge is 0.241 e. The summed E-state index contributed by atoms with van der Waals surface area (Å²) in [5.41, 5.74) is 5.31. The molecule has 7 heteroatoms. The van der Waals surface area contributed by atoms with Gasteiger partial charge in [-0.25, -0.2) is 0 Å². The molecule has 2 fully saturated rings. The highest BCUT2D eigenvalue weighted by molar-refractivity contribution is 5.89. The molecule has 0 aromatic rings. The number of amides is 1. The van der Waals surface area contributed by atoms with Crippen molar-refractivity contribution in [2.24, 2.45) is 17.1 Å². The van der Waals surface area contributed by atoms with E-state index in [4.69, 9.17) is 19.9 Å². The highest BCUT2D eigenvalue weighted by Gasteiger charge is 2.70. The van der Waals surface area contributed by atoms with Crippen molar-refractivity contribution in [3.05, 3.63) is 0 Å². The third-order valence-corrected chi connectivity index (χ3v) is 5.02. The average Bonchev–Trinajstić information content (AvgIpc) is 2.49. The van der Waals surface area contributed by atoms with Gasteiger partial charge in [-0.05, 0) is 12.8 Å². The van der Waals surface area contributed by atoms with Crippen LogP contribution in [0.2, 0.25) is 0 Å². The van der Waals surface area contributed by atoms with Gasteiger partial charge in [0.25, 0.3) is 0 Å². The summed E-state index contributed by atoms with van der Waals surface area (Å²) in [6, 6.07) is 0. The summed E-state index contributed by atoms with van der Waals surface area (Å²) in [7, 11) is 1.63. The van der Waals surface area contributed by atoms with Gasteiger partial charge in [0.2, 0.25) is 5.91 Å². The fraction of sp³-hybridized carbons (Fsp3) is 0.933. The summed E-state index contributed by atoms with van der Waals surface area (Å²) in [4.78, 5) is 12.5. The molecule has 2 aliphatic rings. The number of hydrogen-bond acceptors (Lipinski definition) is 5. The number of fused-ring (bicyclic) bond motifs is 1. The Morgan fingerprint density at radius 1 is 1.36 bits per heavy atom. The van der Waals surface area contributed by atoms with E-state index in [1.54, 1.807) is 7.11 Å². The van der Waals surface area contributed by atoms with Gasteiger partial charge in [0.1, 0.15) is 5.54 Å². The third-order valence-electron chi connectivity index (χ3n) is 5.02. The van der Waals surface area contributed by atoms with Gasteiger partial charge in [0.05, 0.1) is 25.9 Å². The Balaban J connectivity index is 0.00000242. The van der Waals surface area contributed by atoms with Crippen molar-refractivity contribution >= 4 is 18.3 Å². The molecule has 0 aromatic heterocycles. The number of carbonyl (C=O) groups is 1. The van der Waals surface area contributed by atoms with Crippen molar-refractivity contribution < 1.29 is 19.0 Å². The van der Waals surface area contributed by atoms with Gasteiger partial charge in [0.15, 0.2) is 0 Å². The lowest BCUT2D eigenvalue weighted by molar-refractivity contribution is -0.225. The van der Waals surface area contributed by atoms with Crippen molar-refractivity contribution in [3.63, 3.8) is 0 Å². The van der Waals surface area contributed by atoms with E-state index in [0.29, 0.717) is 26.4 Å². The van der Waals surface area contributed by atoms with Gasteiger partial charge < -0.3 is 25.3 Å². The van der Waals surface area contributed by atoms with Gasteiger partial charge in [-0.3, -0.25) is 4.79 Å². The maximum absolute atomic E-state index is 12.5. The Hall–Kier alpha value is -0.400. The molecular formula is C15H29ClN2O4. The molecule has 6 nitrogen and oxygen atoms in total. The van der Waals surface area contributed by atoms with Crippen molar-refractivity contribution in [1.29, 1.82) is 0 Å². The predicted molar refractivity (Wildman–Crippen MR) is 86.1 cm³/mol. The third kappa shape index (κ3) is 3.26. The molecule has 3 N–H and O–H groups in total. The summed E-state index contributed by atoms with van der Waals surface area (Å²) >= 11 is 0. The van der Waals surface area contributed by atoms with E-state index in [-0.39, 0.29) is 35.8 Å². The van der Waals surface area contributed by atoms with Crippen LogP contribution < -0.4 is 11.1 Å². The molecule has 0 spiro atoms. The van der Waals surface area contributed by atoms with Crippen LogP contribution in [0.25, 0.3) is 0 Å². The molecule has 3 unspecified atom stereocenters. The maximum atomic E-state index is 12.5. The topological polar surface area (TPSA) is 82.8 Å². The largest absolute Gasteiger partial charge is 0.382 e. The minimum absolute atomic E-state index is 0. The number of rotatable bonds is 7. The van der Waals surface area contributed by atoms with Crippen molar-refractivity contribution in [3.8, 4) is 0 Å². The summed E-state index contributed by atoms with van der Waals surface area (Å²) in [5, 5.41) is 2.91. The van der Waals surface area contributed by atoms with Crippen LogP contribution in [0.1, 0.15) is 26.7 Å². The molecule has 0 radical (unpaired) electrons. The summed E-state index contributed by atoms with van der Waals surface area (Å²) in [6.07, 6.45) is 2.03. The molecular weight excluding hydrogens is 308 g/mol. The first-order valence-corrected chi connectivity index (χ1v) is 7.71. The number of methoxy groups -OCH3 is 1. The van der Waals surface area contributed by atoms with E-state index in [2.05, 4.69) is 5.32 Å². The second-order valence-electron chi connectivity index (χ2n) is 6.49. The summed E-state index contributed by atoms with van der Waals surface area (Å²) < 4.78 is 16.0. The highest BCUT2D eigenvalue weighted by atomic mass is 35.5. The molecule has 1 heterocycles. The molecule has 3 atom stereocenters. The Morgan fingerprint density at radius 2 is 2.09 bits per heavy atom. The zero-order valence-electron chi connectivity index (χ0n) is 13.7. The average molecular weight is 337 g/mol. The van der Waals surface area contributed by atoms with Gasteiger partial charge in [-0.2, -0.15) is 0 Å².